The summed E-state index contributed by atoms with van der Waals surface area (Å²) in [6.07, 6.45) is 8.08. The van der Waals surface area contributed by atoms with Gasteiger partial charge in [-0.25, -0.2) is 9.78 Å². The molecule has 36 heavy (non-hydrogen) atoms. The van der Waals surface area contributed by atoms with E-state index in [1.807, 2.05) is 25.7 Å². The van der Waals surface area contributed by atoms with E-state index in [1.165, 1.54) is 24.8 Å². The average Bonchev–Trinajstić information content (AvgIpc) is 3.20. The van der Waals surface area contributed by atoms with Gasteiger partial charge < -0.3 is 19.1 Å². The number of ether oxygens (including phenoxy) is 1. The standard InChI is InChI=1S/C29H44N4O3/c1-6-32(23-12-8-7-9-13-23)26(34)16-18-33-25-15-14-21(2)19-24(25)30-27(33)22-11-10-17-31(20-22)28(35)36-29(3,4)5/h14-15,19,22-23H,6-13,16-18,20H2,1-5H3. The Labute approximate surface area is 216 Å². The fourth-order valence-electron chi connectivity index (χ4n) is 5.87. The summed E-state index contributed by atoms with van der Waals surface area (Å²) in [5, 5.41) is 0. The van der Waals surface area contributed by atoms with Crippen LogP contribution in [0.5, 0.6) is 0 Å². The number of hydrogen-bond donors (Lipinski definition) is 0. The van der Waals surface area contributed by atoms with Crippen LogP contribution in [0.1, 0.15) is 96.4 Å². The number of carbonyl (C=O) groups excluding carboxylic acids is 2. The van der Waals surface area contributed by atoms with Gasteiger partial charge in [-0.15, -0.1) is 0 Å². The van der Waals surface area contributed by atoms with Crippen LogP contribution in [0.4, 0.5) is 4.79 Å². The SMILES string of the molecule is CCN(C(=O)CCn1c(C2CCCN(C(=O)OC(C)(C)C)C2)nc2cc(C)ccc21)C1CCCCC1. The number of fused-ring (bicyclic) bond motifs is 1. The fourth-order valence-corrected chi connectivity index (χ4v) is 5.87. The van der Waals surface area contributed by atoms with Crippen LogP contribution in [0, 0.1) is 6.92 Å². The minimum absolute atomic E-state index is 0.120. The fraction of sp³-hybridized carbons (Fsp3) is 0.690. The molecule has 1 saturated heterocycles. The highest BCUT2D eigenvalue weighted by Gasteiger charge is 2.31. The summed E-state index contributed by atoms with van der Waals surface area (Å²) < 4.78 is 7.89. The Morgan fingerprint density at radius 1 is 1.11 bits per heavy atom. The monoisotopic (exact) mass is 496 g/mol. The molecule has 4 rings (SSSR count). The minimum atomic E-state index is -0.515. The van der Waals surface area contributed by atoms with E-state index in [-0.39, 0.29) is 17.9 Å². The molecule has 2 amide bonds. The lowest BCUT2D eigenvalue weighted by Crippen LogP contribution is -2.43. The van der Waals surface area contributed by atoms with Crippen molar-refractivity contribution in [1.29, 1.82) is 0 Å². The molecule has 2 fully saturated rings. The van der Waals surface area contributed by atoms with E-state index in [4.69, 9.17) is 9.72 Å². The number of aromatic nitrogens is 2. The number of rotatable bonds is 6. The van der Waals surface area contributed by atoms with Gasteiger partial charge in [0.2, 0.25) is 5.91 Å². The van der Waals surface area contributed by atoms with E-state index in [0.717, 1.165) is 49.1 Å². The molecular formula is C29H44N4O3. The third kappa shape index (κ3) is 6.22. The predicted molar refractivity (Wildman–Crippen MR) is 143 cm³/mol. The van der Waals surface area contributed by atoms with Gasteiger partial charge in [0.05, 0.1) is 11.0 Å². The number of hydrogen-bond acceptors (Lipinski definition) is 4. The summed E-state index contributed by atoms with van der Waals surface area (Å²) in [5.41, 5.74) is 2.69. The van der Waals surface area contributed by atoms with Crippen LogP contribution in [0.3, 0.4) is 0 Å². The van der Waals surface area contributed by atoms with Crippen molar-refractivity contribution in [3.05, 3.63) is 29.6 Å². The molecule has 0 N–H and O–H groups in total. The van der Waals surface area contributed by atoms with Gasteiger partial charge in [0.25, 0.3) is 0 Å². The van der Waals surface area contributed by atoms with Crippen LogP contribution < -0.4 is 0 Å². The smallest absolute Gasteiger partial charge is 0.410 e. The normalized spacial score (nSPS) is 19.5. The van der Waals surface area contributed by atoms with Crippen molar-refractivity contribution >= 4 is 23.0 Å². The van der Waals surface area contributed by atoms with Gasteiger partial charge in [0.15, 0.2) is 0 Å². The Hall–Kier alpha value is -2.57. The van der Waals surface area contributed by atoms with Gasteiger partial charge >= 0.3 is 6.09 Å². The Kier molecular flexibility index (Phi) is 8.26. The molecule has 1 aliphatic heterocycles. The lowest BCUT2D eigenvalue weighted by atomic mass is 9.94. The minimum Gasteiger partial charge on any atom is -0.444 e. The quantitative estimate of drug-likeness (QED) is 0.490. The van der Waals surface area contributed by atoms with Gasteiger partial charge in [-0.3, -0.25) is 4.79 Å². The van der Waals surface area contributed by atoms with E-state index >= 15 is 0 Å². The largest absolute Gasteiger partial charge is 0.444 e. The van der Waals surface area contributed by atoms with Crippen molar-refractivity contribution in [1.82, 2.24) is 19.4 Å². The third-order valence-electron chi connectivity index (χ3n) is 7.60. The van der Waals surface area contributed by atoms with Crippen LogP contribution in [-0.4, -0.2) is 62.6 Å². The molecule has 1 atom stereocenters. The molecule has 7 heteroatoms. The molecule has 2 aromatic rings. The maximum atomic E-state index is 13.3. The Bertz CT molecular complexity index is 1060. The van der Waals surface area contributed by atoms with Crippen molar-refractivity contribution in [2.24, 2.45) is 0 Å². The summed E-state index contributed by atoms with van der Waals surface area (Å²) >= 11 is 0. The molecule has 1 unspecified atom stereocenters. The molecule has 7 nitrogen and oxygen atoms in total. The van der Waals surface area contributed by atoms with E-state index in [9.17, 15) is 9.59 Å². The first-order valence-electron chi connectivity index (χ1n) is 13.9. The van der Waals surface area contributed by atoms with Crippen LogP contribution >= 0.6 is 0 Å². The van der Waals surface area contributed by atoms with Gasteiger partial charge in [-0.2, -0.15) is 0 Å². The summed E-state index contributed by atoms with van der Waals surface area (Å²) in [4.78, 5) is 35.1. The molecule has 2 aliphatic rings. The zero-order valence-electron chi connectivity index (χ0n) is 22.9. The Morgan fingerprint density at radius 3 is 2.56 bits per heavy atom. The third-order valence-corrected chi connectivity index (χ3v) is 7.60. The highest BCUT2D eigenvalue weighted by atomic mass is 16.6. The molecule has 0 radical (unpaired) electrons. The van der Waals surface area contributed by atoms with Crippen molar-refractivity contribution < 1.29 is 14.3 Å². The molecule has 1 aliphatic carbocycles. The maximum absolute atomic E-state index is 13.3. The van der Waals surface area contributed by atoms with Crippen molar-refractivity contribution in [3.8, 4) is 0 Å². The van der Waals surface area contributed by atoms with Gasteiger partial charge in [-0.1, -0.05) is 25.3 Å². The van der Waals surface area contributed by atoms with Crippen molar-refractivity contribution in [2.45, 2.75) is 110 Å². The highest BCUT2D eigenvalue weighted by molar-refractivity contribution is 5.79. The van der Waals surface area contributed by atoms with Crippen molar-refractivity contribution in [3.63, 3.8) is 0 Å². The number of aryl methyl sites for hydroxylation is 2. The average molecular weight is 497 g/mol. The van der Waals surface area contributed by atoms with E-state index < -0.39 is 5.60 Å². The molecule has 1 aromatic heterocycles. The number of nitrogens with zero attached hydrogens (tertiary/aromatic N) is 4. The summed E-state index contributed by atoms with van der Waals surface area (Å²) in [6.45, 7) is 12.6. The van der Waals surface area contributed by atoms with Crippen molar-refractivity contribution in [2.75, 3.05) is 19.6 Å². The highest BCUT2D eigenvalue weighted by Crippen LogP contribution is 2.31. The second kappa shape index (κ2) is 11.2. The Morgan fingerprint density at radius 2 is 1.86 bits per heavy atom. The second-order valence-corrected chi connectivity index (χ2v) is 11.6. The first-order valence-corrected chi connectivity index (χ1v) is 13.9. The summed E-state index contributed by atoms with van der Waals surface area (Å²) in [5.74, 6) is 1.34. The van der Waals surface area contributed by atoms with Gasteiger partial charge in [0, 0.05) is 44.6 Å². The molecular weight excluding hydrogens is 452 g/mol. The number of likely N-dealkylation sites (tertiary alicyclic amines) is 1. The van der Waals surface area contributed by atoms with E-state index in [0.29, 0.717) is 32.1 Å². The molecule has 0 spiro atoms. The predicted octanol–water partition coefficient (Wildman–Crippen LogP) is 6.03. The first-order chi connectivity index (χ1) is 17.2. The van der Waals surface area contributed by atoms with Crippen LogP contribution in [0.25, 0.3) is 11.0 Å². The molecule has 198 valence electrons. The van der Waals surface area contributed by atoms with Crippen LogP contribution in [-0.2, 0) is 16.1 Å². The first kappa shape index (κ1) is 26.5. The lowest BCUT2D eigenvalue weighted by Gasteiger charge is -2.34. The molecule has 1 saturated carbocycles. The zero-order chi connectivity index (χ0) is 25.9. The van der Waals surface area contributed by atoms with Gasteiger partial charge in [-0.05, 0) is 78.0 Å². The number of benzene rings is 1. The molecule has 2 heterocycles. The van der Waals surface area contributed by atoms with Crippen LogP contribution in [0.15, 0.2) is 18.2 Å². The number of piperidine rings is 1. The number of amides is 2. The van der Waals surface area contributed by atoms with E-state index in [1.54, 1.807) is 0 Å². The number of carbonyl (C=O) groups is 2. The second-order valence-electron chi connectivity index (χ2n) is 11.6. The lowest BCUT2D eigenvalue weighted by molar-refractivity contribution is -0.134. The topological polar surface area (TPSA) is 67.7 Å². The van der Waals surface area contributed by atoms with Crippen LogP contribution in [0.2, 0.25) is 0 Å². The van der Waals surface area contributed by atoms with Gasteiger partial charge in [0.1, 0.15) is 11.4 Å². The Balaban J connectivity index is 1.55. The molecule has 1 aromatic carbocycles. The summed E-state index contributed by atoms with van der Waals surface area (Å²) in [7, 11) is 0. The summed E-state index contributed by atoms with van der Waals surface area (Å²) in [6, 6.07) is 6.74. The van der Waals surface area contributed by atoms with E-state index in [2.05, 4.69) is 41.5 Å². The zero-order valence-corrected chi connectivity index (χ0v) is 22.9. The number of imidazole rings is 1. The molecule has 0 bridgehead atoms. The maximum Gasteiger partial charge on any atom is 0.410 e.